The molecule has 1 unspecified atom stereocenters. The number of carbonyl (C=O) groups is 1. The van der Waals surface area contributed by atoms with Crippen LogP contribution in [0.25, 0.3) is 0 Å². The number of sulfone groups is 1. The minimum atomic E-state index is -2.87. The van der Waals surface area contributed by atoms with Crippen molar-refractivity contribution >= 4 is 21.4 Å². The molecule has 0 bridgehead atoms. The molecule has 1 saturated heterocycles. The van der Waals surface area contributed by atoms with E-state index in [0.29, 0.717) is 19.4 Å². The van der Waals surface area contributed by atoms with E-state index in [4.69, 9.17) is 0 Å². The van der Waals surface area contributed by atoms with Gasteiger partial charge in [0.2, 0.25) is 5.91 Å². The number of carbonyl (C=O) groups excluding carboxylic acids is 1. The van der Waals surface area contributed by atoms with E-state index in [1.807, 2.05) is 42.3 Å². The predicted molar refractivity (Wildman–Crippen MR) is 79.4 cm³/mol. The molecule has 1 aromatic carbocycles. The van der Waals surface area contributed by atoms with Crippen LogP contribution < -0.4 is 5.32 Å². The average Bonchev–Trinajstić information content (AvgIpc) is 2.78. The molecule has 1 heterocycles. The summed E-state index contributed by atoms with van der Waals surface area (Å²) in [5, 5.41) is 2.82. The van der Waals surface area contributed by atoms with Crippen molar-refractivity contribution < 1.29 is 13.2 Å². The third-order valence-corrected chi connectivity index (χ3v) is 5.33. The maximum Gasteiger partial charge on any atom is 0.225 e. The van der Waals surface area contributed by atoms with Crippen LogP contribution in [0.15, 0.2) is 30.3 Å². The Balaban J connectivity index is 1.76. The van der Waals surface area contributed by atoms with Crippen molar-refractivity contribution in [2.75, 3.05) is 30.4 Å². The molecule has 0 aromatic heterocycles. The van der Waals surface area contributed by atoms with E-state index in [-0.39, 0.29) is 23.5 Å². The van der Waals surface area contributed by atoms with E-state index in [0.717, 1.165) is 5.69 Å². The van der Waals surface area contributed by atoms with Gasteiger partial charge in [-0.1, -0.05) is 18.2 Å². The molecule has 1 atom stereocenters. The lowest BCUT2D eigenvalue weighted by Crippen LogP contribution is -2.34. The van der Waals surface area contributed by atoms with Crippen LogP contribution in [0.4, 0.5) is 5.69 Å². The lowest BCUT2D eigenvalue weighted by molar-refractivity contribution is -0.116. The highest BCUT2D eigenvalue weighted by molar-refractivity contribution is 7.91. The Morgan fingerprint density at radius 3 is 2.65 bits per heavy atom. The Hall–Kier alpha value is -1.40. The summed E-state index contributed by atoms with van der Waals surface area (Å²) >= 11 is 0. The first-order chi connectivity index (χ1) is 9.46. The van der Waals surface area contributed by atoms with Crippen molar-refractivity contribution in [3.8, 4) is 0 Å². The van der Waals surface area contributed by atoms with Crippen molar-refractivity contribution in [3.63, 3.8) is 0 Å². The number of nitrogens with zero attached hydrogens (tertiary/aromatic N) is 1. The molecule has 0 radical (unpaired) electrons. The van der Waals surface area contributed by atoms with Crippen LogP contribution in [0.1, 0.15) is 12.8 Å². The molecule has 1 fully saturated rings. The monoisotopic (exact) mass is 296 g/mol. The van der Waals surface area contributed by atoms with Gasteiger partial charge in [0.15, 0.2) is 9.84 Å². The van der Waals surface area contributed by atoms with Gasteiger partial charge in [0.25, 0.3) is 0 Å². The molecule has 1 aromatic rings. The van der Waals surface area contributed by atoms with Crippen LogP contribution in [-0.2, 0) is 14.6 Å². The highest BCUT2D eigenvalue weighted by Crippen LogP contribution is 2.16. The summed E-state index contributed by atoms with van der Waals surface area (Å²) in [6.45, 7) is 0.568. The second-order valence-electron chi connectivity index (χ2n) is 5.20. The molecule has 0 aliphatic carbocycles. The lowest BCUT2D eigenvalue weighted by atomic mass is 10.2. The zero-order valence-electron chi connectivity index (χ0n) is 11.6. The summed E-state index contributed by atoms with van der Waals surface area (Å²) in [6, 6.07) is 9.35. The second kappa shape index (κ2) is 6.37. The van der Waals surface area contributed by atoms with Crippen LogP contribution in [-0.4, -0.2) is 50.4 Å². The topological polar surface area (TPSA) is 66.5 Å². The van der Waals surface area contributed by atoms with Crippen molar-refractivity contribution in [1.82, 2.24) is 4.90 Å². The fourth-order valence-electron chi connectivity index (χ4n) is 2.33. The summed E-state index contributed by atoms with van der Waals surface area (Å²) in [6.07, 6.45) is 1.03. The van der Waals surface area contributed by atoms with Crippen LogP contribution in [0, 0.1) is 0 Å². The minimum absolute atomic E-state index is 0.0459. The van der Waals surface area contributed by atoms with Gasteiger partial charge in [-0.05, 0) is 25.6 Å². The summed E-state index contributed by atoms with van der Waals surface area (Å²) in [5.41, 5.74) is 0.781. The first-order valence-corrected chi connectivity index (χ1v) is 8.54. The van der Waals surface area contributed by atoms with Crippen molar-refractivity contribution in [2.45, 2.75) is 18.9 Å². The Labute approximate surface area is 119 Å². The van der Waals surface area contributed by atoms with E-state index in [1.54, 1.807) is 0 Å². The number of hydrogen-bond donors (Lipinski definition) is 1. The number of rotatable bonds is 5. The predicted octanol–water partition coefficient (Wildman–Crippen LogP) is 1.13. The van der Waals surface area contributed by atoms with Gasteiger partial charge < -0.3 is 10.2 Å². The Morgan fingerprint density at radius 1 is 1.35 bits per heavy atom. The van der Waals surface area contributed by atoms with E-state index in [2.05, 4.69) is 5.32 Å². The van der Waals surface area contributed by atoms with Crippen LogP contribution in [0.5, 0.6) is 0 Å². The minimum Gasteiger partial charge on any atom is -0.326 e. The zero-order valence-corrected chi connectivity index (χ0v) is 12.4. The fraction of sp³-hybridized carbons (Fsp3) is 0.500. The lowest BCUT2D eigenvalue weighted by Gasteiger charge is -2.22. The number of benzene rings is 1. The van der Waals surface area contributed by atoms with Gasteiger partial charge >= 0.3 is 0 Å². The Kier molecular flexibility index (Phi) is 4.77. The Morgan fingerprint density at radius 2 is 2.05 bits per heavy atom. The van der Waals surface area contributed by atoms with E-state index in [1.165, 1.54) is 0 Å². The van der Waals surface area contributed by atoms with E-state index < -0.39 is 9.84 Å². The van der Waals surface area contributed by atoms with Crippen molar-refractivity contribution in [1.29, 1.82) is 0 Å². The standard InChI is InChI=1S/C14H20N2O3S/c1-16(13-8-10-20(18,19)11-13)9-7-14(17)15-12-5-3-2-4-6-12/h2-6,13H,7-11H2,1H3,(H,15,17). The molecule has 1 amide bonds. The highest BCUT2D eigenvalue weighted by Gasteiger charge is 2.30. The van der Waals surface area contributed by atoms with Crippen LogP contribution in [0.3, 0.4) is 0 Å². The molecule has 0 saturated carbocycles. The van der Waals surface area contributed by atoms with Crippen LogP contribution in [0.2, 0.25) is 0 Å². The first kappa shape index (κ1) is 15.0. The molecular weight excluding hydrogens is 276 g/mol. The summed E-state index contributed by atoms with van der Waals surface area (Å²) in [7, 11) is -0.994. The highest BCUT2D eigenvalue weighted by atomic mass is 32.2. The molecule has 110 valence electrons. The van der Waals surface area contributed by atoms with Gasteiger partial charge in [-0.3, -0.25) is 4.79 Å². The van der Waals surface area contributed by atoms with Gasteiger partial charge in [0.1, 0.15) is 0 Å². The van der Waals surface area contributed by atoms with Gasteiger partial charge in [0.05, 0.1) is 11.5 Å². The first-order valence-electron chi connectivity index (χ1n) is 6.72. The maximum absolute atomic E-state index is 11.8. The number of para-hydroxylation sites is 1. The normalized spacial score (nSPS) is 21.0. The Bertz CT molecular complexity index is 557. The summed E-state index contributed by atoms with van der Waals surface area (Å²) < 4.78 is 22.8. The fourth-order valence-corrected chi connectivity index (χ4v) is 4.13. The number of hydrogen-bond acceptors (Lipinski definition) is 4. The van der Waals surface area contributed by atoms with Crippen molar-refractivity contribution in [2.24, 2.45) is 0 Å². The van der Waals surface area contributed by atoms with Gasteiger partial charge in [-0.25, -0.2) is 8.42 Å². The van der Waals surface area contributed by atoms with Gasteiger partial charge in [0, 0.05) is 24.7 Å². The molecular formula is C14H20N2O3S. The zero-order chi connectivity index (χ0) is 14.6. The molecule has 1 N–H and O–H groups in total. The molecule has 1 aliphatic rings. The van der Waals surface area contributed by atoms with E-state index >= 15 is 0 Å². The van der Waals surface area contributed by atoms with Crippen molar-refractivity contribution in [3.05, 3.63) is 30.3 Å². The summed E-state index contributed by atoms with van der Waals surface area (Å²) in [5.74, 6) is 0.422. The third-order valence-electron chi connectivity index (χ3n) is 3.58. The van der Waals surface area contributed by atoms with Crippen LogP contribution >= 0.6 is 0 Å². The van der Waals surface area contributed by atoms with Gasteiger partial charge in [-0.15, -0.1) is 0 Å². The maximum atomic E-state index is 11.8. The molecule has 20 heavy (non-hydrogen) atoms. The number of amides is 1. The molecule has 2 rings (SSSR count). The number of nitrogens with one attached hydrogen (secondary N) is 1. The third kappa shape index (κ3) is 4.31. The largest absolute Gasteiger partial charge is 0.326 e. The second-order valence-corrected chi connectivity index (χ2v) is 7.43. The molecule has 6 heteroatoms. The number of anilines is 1. The molecule has 0 spiro atoms. The summed E-state index contributed by atoms with van der Waals surface area (Å²) in [4.78, 5) is 13.8. The molecule has 1 aliphatic heterocycles. The quantitative estimate of drug-likeness (QED) is 0.884. The molecule has 5 nitrogen and oxygen atoms in total. The smallest absolute Gasteiger partial charge is 0.225 e. The van der Waals surface area contributed by atoms with Gasteiger partial charge in [-0.2, -0.15) is 0 Å². The van der Waals surface area contributed by atoms with E-state index in [9.17, 15) is 13.2 Å². The average molecular weight is 296 g/mol. The SMILES string of the molecule is CN(CCC(=O)Nc1ccccc1)C1CCS(=O)(=O)C1.